The zero-order valence-electron chi connectivity index (χ0n) is 15.4. The van der Waals surface area contributed by atoms with Gasteiger partial charge < -0.3 is 11.5 Å². The fraction of sp³-hybridized carbons (Fsp3) is 0.118. The molecule has 0 spiro atoms. The molecule has 11 nitrogen and oxygen atoms in total. The quantitative estimate of drug-likeness (QED) is 0.334. The lowest BCUT2D eigenvalue weighted by atomic mass is 9.94. The predicted molar refractivity (Wildman–Crippen MR) is 112 cm³/mol. The van der Waals surface area contributed by atoms with Crippen molar-refractivity contribution in [2.75, 3.05) is 5.73 Å². The number of nitrogens with zero attached hydrogens (tertiary/aromatic N) is 4. The van der Waals surface area contributed by atoms with Gasteiger partial charge in [0.25, 0.3) is 0 Å². The van der Waals surface area contributed by atoms with Gasteiger partial charge in [-0.1, -0.05) is 35.6 Å². The van der Waals surface area contributed by atoms with E-state index >= 15 is 0 Å². The standard InChI is InChI=1S/C17H16N8O3S2/c18-12(26)7-5-8-4-6-9(10-2-1-3-11-14(10)21-17(19)29-11)13(15(8)30(20,27)28)16-22-24-25-23-16/h1-4,6H,5,7H2,(H2,18,26)(H2,19,21)(H2,20,27,28)(H,22,23,24,25). The van der Waals surface area contributed by atoms with Gasteiger partial charge in [-0.25, -0.2) is 18.5 Å². The van der Waals surface area contributed by atoms with Crippen molar-refractivity contribution in [1.82, 2.24) is 25.6 Å². The average molecular weight is 445 g/mol. The summed E-state index contributed by atoms with van der Waals surface area (Å²) in [5.41, 5.74) is 13.3. The molecular weight excluding hydrogens is 428 g/mol. The second kappa shape index (κ2) is 7.44. The number of aromatic amines is 1. The maximum absolute atomic E-state index is 12.6. The van der Waals surface area contributed by atoms with Crippen molar-refractivity contribution in [3.05, 3.63) is 35.9 Å². The Morgan fingerprint density at radius 1 is 1.17 bits per heavy atom. The van der Waals surface area contributed by atoms with Crippen LogP contribution in [-0.4, -0.2) is 39.9 Å². The Hall–Kier alpha value is -3.42. The molecule has 2 aromatic carbocycles. The zero-order chi connectivity index (χ0) is 21.5. The van der Waals surface area contributed by atoms with Crippen LogP contribution in [0.4, 0.5) is 5.13 Å². The number of sulfonamides is 1. The number of para-hydroxylation sites is 1. The van der Waals surface area contributed by atoms with Crippen LogP contribution in [0.15, 0.2) is 35.2 Å². The van der Waals surface area contributed by atoms with E-state index in [1.807, 2.05) is 12.1 Å². The first-order chi connectivity index (χ1) is 14.3. The number of anilines is 1. The molecule has 0 radical (unpaired) electrons. The van der Waals surface area contributed by atoms with Gasteiger partial charge in [-0.15, -0.1) is 10.2 Å². The Labute approximate surface area is 174 Å². The van der Waals surface area contributed by atoms with E-state index in [1.54, 1.807) is 18.2 Å². The number of benzene rings is 2. The van der Waals surface area contributed by atoms with Gasteiger partial charge in [0.05, 0.1) is 20.7 Å². The van der Waals surface area contributed by atoms with E-state index < -0.39 is 15.9 Å². The number of aryl methyl sites for hydroxylation is 1. The number of hydrogen-bond acceptors (Lipinski definition) is 9. The minimum absolute atomic E-state index is 0.0372. The first-order valence-electron chi connectivity index (χ1n) is 8.62. The monoisotopic (exact) mass is 444 g/mol. The van der Waals surface area contributed by atoms with Crippen LogP contribution in [0.5, 0.6) is 0 Å². The summed E-state index contributed by atoms with van der Waals surface area (Å²) in [5, 5.41) is 19.8. The van der Waals surface area contributed by atoms with Crippen molar-refractivity contribution in [3.8, 4) is 22.5 Å². The molecule has 0 aliphatic rings. The molecule has 1 amide bonds. The van der Waals surface area contributed by atoms with Gasteiger partial charge in [-0.3, -0.25) is 4.79 Å². The molecule has 0 bridgehead atoms. The lowest BCUT2D eigenvalue weighted by molar-refractivity contribution is -0.118. The second-order valence-corrected chi connectivity index (χ2v) is 8.99. The number of carbonyl (C=O) groups excluding carboxylic acids is 1. The van der Waals surface area contributed by atoms with E-state index in [4.69, 9.17) is 16.6 Å². The molecule has 0 saturated heterocycles. The van der Waals surface area contributed by atoms with Crippen molar-refractivity contribution in [3.63, 3.8) is 0 Å². The molecule has 154 valence electrons. The Kier molecular flexibility index (Phi) is 4.93. The van der Waals surface area contributed by atoms with E-state index in [-0.39, 0.29) is 29.1 Å². The van der Waals surface area contributed by atoms with Gasteiger partial charge >= 0.3 is 0 Å². The fourth-order valence-corrected chi connectivity index (χ4v) is 5.09. The highest BCUT2D eigenvalue weighted by atomic mass is 32.2. The third-order valence-electron chi connectivity index (χ3n) is 4.46. The molecule has 2 heterocycles. The summed E-state index contributed by atoms with van der Waals surface area (Å²) < 4.78 is 26.0. The lowest BCUT2D eigenvalue weighted by Gasteiger charge is -2.16. The van der Waals surface area contributed by atoms with Gasteiger partial charge in [0, 0.05) is 12.0 Å². The molecule has 0 aliphatic carbocycles. The van der Waals surface area contributed by atoms with Crippen LogP contribution < -0.4 is 16.6 Å². The van der Waals surface area contributed by atoms with Crippen molar-refractivity contribution >= 4 is 42.6 Å². The summed E-state index contributed by atoms with van der Waals surface area (Å²) in [6.07, 6.45) is 0.0336. The van der Waals surface area contributed by atoms with Gasteiger partial charge in [0.15, 0.2) is 5.13 Å². The number of H-pyrrole nitrogens is 1. The molecule has 7 N–H and O–H groups in total. The number of nitrogens with one attached hydrogen (secondary N) is 1. The Bertz CT molecular complexity index is 1360. The van der Waals surface area contributed by atoms with Crippen LogP contribution in [-0.2, 0) is 21.2 Å². The normalized spacial score (nSPS) is 11.8. The topological polar surface area (TPSA) is 197 Å². The van der Waals surface area contributed by atoms with Crippen LogP contribution in [0.3, 0.4) is 0 Å². The van der Waals surface area contributed by atoms with Crippen LogP contribution in [0, 0.1) is 0 Å². The molecule has 0 aliphatic heterocycles. The predicted octanol–water partition coefficient (Wildman–Crippen LogP) is 0.791. The van der Waals surface area contributed by atoms with E-state index in [1.165, 1.54) is 11.3 Å². The van der Waals surface area contributed by atoms with Crippen LogP contribution >= 0.6 is 11.3 Å². The van der Waals surface area contributed by atoms with E-state index in [2.05, 4.69) is 25.6 Å². The minimum atomic E-state index is -4.23. The third-order valence-corrected chi connectivity index (χ3v) is 6.34. The van der Waals surface area contributed by atoms with E-state index in [9.17, 15) is 13.2 Å². The van der Waals surface area contributed by atoms with E-state index in [0.29, 0.717) is 27.3 Å². The maximum Gasteiger partial charge on any atom is 0.239 e. The number of primary sulfonamides is 1. The molecule has 0 fully saturated rings. The molecule has 4 rings (SSSR count). The number of carbonyl (C=O) groups is 1. The Balaban J connectivity index is 2.08. The summed E-state index contributed by atoms with van der Waals surface area (Å²) in [5.74, 6) is -0.529. The zero-order valence-corrected chi connectivity index (χ0v) is 17.0. The number of amides is 1. The summed E-state index contributed by atoms with van der Waals surface area (Å²) >= 11 is 1.31. The van der Waals surface area contributed by atoms with Crippen molar-refractivity contribution < 1.29 is 13.2 Å². The number of nitrogens with two attached hydrogens (primary N) is 3. The number of tetrazole rings is 1. The van der Waals surface area contributed by atoms with Gasteiger partial charge in [-0.05, 0) is 28.8 Å². The lowest BCUT2D eigenvalue weighted by Crippen LogP contribution is -2.18. The number of rotatable bonds is 6. The smallest absolute Gasteiger partial charge is 0.239 e. The van der Waals surface area contributed by atoms with Gasteiger partial charge in [-0.2, -0.15) is 5.21 Å². The first-order valence-corrected chi connectivity index (χ1v) is 11.0. The molecule has 13 heteroatoms. The summed E-state index contributed by atoms with van der Waals surface area (Å²) in [6.45, 7) is 0. The molecule has 30 heavy (non-hydrogen) atoms. The minimum Gasteiger partial charge on any atom is -0.375 e. The van der Waals surface area contributed by atoms with Crippen LogP contribution in [0.1, 0.15) is 12.0 Å². The number of hydrogen-bond donors (Lipinski definition) is 4. The molecule has 0 unspecified atom stereocenters. The molecule has 0 atom stereocenters. The summed E-state index contributed by atoms with van der Waals surface area (Å²) in [7, 11) is -4.23. The van der Waals surface area contributed by atoms with Crippen LogP contribution in [0.2, 0.25) is 0 Å². The molecule has 4 aromatic rings. The molecule has 2 aromatic heterocycles. The van der Waals surface area contributed by atoms with Crippen LogP contribution in [0.25, 0.3) is 32.7 Å². The largest absolute Gasteiger partial charge is 0.375 e. The first kappa shape index (κ1) is 19.9. The number of aromatic nitrogens is 5. The highest BCUT2D eigenvalue weighted by molar-refractivity contribution is 7.89. The highest BCUT2D eigenvalue weighted by Gasteiger charge is 2.27. The highest BCUT2D eigenvalue weighted by Crippen LogP contribution is 2.41. The van der Waals surface area contributed by atoms with Crippen molar-refractivity contribution in [2.45, 2.75) is 17.7 Å². The van der Waals surface area contributed by atoms with Gasteiger partial charge in [0.1, 0.15) is 0 Å². The maximum atomic E-state index is 12.6. The van der Waals surface area contributed by atoms with E-state index in [0.717, 1.165) is 4.70 Å². The summed E-state index contributed by atoms with van der Waals surface area (Å²) in [4.78, 5) is 15.5. The average Bonchev–Trinajstić information content (AvgIpc) is 3.33. The number of thiazole rings is 1. The third kappa shape index (κ3) is 3.60. The number of primary amides is 1. The molecular formula is C17H16N8O3S2. The fourth-order valence-electron chi connectivity index (χ4n) is 3.30. The SMILES string of the molecule is NC(=O)CCc1ccc(-c2cccc3sc(N)nc23)c(-c2nn[nH]n2)c1S(N)(=O)=O. The number of nitrogen functional groups attached to an aromatic ring is 1. The van der Waals surface area contributed by atoms with Crippen molar-refractivity contribution in [2.24, 2.45) is 10.9 Å². The van der Waals surface area contributed by atoms with Crippen molar-refractivity contribution in [1.29, 1.82) is 0 Å². The number of fused-ring (bicyclic) bond motifs is 1. The Morgan fingerprint density at radius 3 is 2.63 bits per heavy atom. The second-order valence-electron chi connectivity index (χ2n) is 6.43. The summed E-state index contributed by atoms with van der Waals surface area (Å²) in [6, 6.07) is 8.77. The molecule has 0 saturated carbocycles. The Morgan fingerprint density at radius 2 is 1.97 bits per heavy atom. The van der Waals surface area contributed by atoms with Gasteiger partial charge in [0.2, 0.25) is 21.8 Å².